The van der Waals surface area contributed by atoms with Gasteiger partial charge in [-0.1, -0.05) is 188 Å². The van der Waals surface area contributed by atoms with Crippen molar-refractivity contribution in [2.24, 2.45) is 0 Å². The third-order valence-corrected chi connectivity index (χ3v) is 12.2. The maximum Gasteiger partial charge on any atom is -0.00203 e. The minimum absolute atomic E-state index is 1.22. The van der Waals surface area contributed by atoms with Gasteiger partial charge in [0.15, 0.2) is 0 Å². The van der Waals surface area contributed by atoms with Crippen LogP contribution in [0.2, 0.25) is 0 Å². The van der Waals surface area contributed by atoms with E-state index in [9.17, 15) is 0 Å². The van der Waals surface area contributed by atoms with Crippen LogP contribution in [0.25, 0.3) is 120 Å². The van der Waals surface area contributed by atoms with E-state index in [4.69, 9.17) is 0 Å². The third kappa shape index (κ3) is 4.73. The predicted molar refractivity (Wildman–Crippen MR) is 242 cm³/mol. The molecule has 0 heterocycles. The topological polar surface area (TPSA) is 0 Å². The molecule has 0 aliphatic heterocycles. The Morgan fingerprint density at radius 2 is 0.607 bits per heavy atom. The Bertz CT molecular complexity index is 3480. The lowest BCUT2D eigenvalue weighted by atomic mass is 9.86. The van der Waals surface area contributed by atoms with E-state index in [1.165, 1.54) is 120 Å². The number of hydrogen-bond acceptors (Lipinski definition) is 0. The first-order valence-electron chi connectivity index (χ1n) is 19.5. The first-order valence-corrected chi connectivity index (χ1v) is 19.5. The van der Waals surface area contributed by atoms with Crippen LogP contribution < -0.4 is 0 Å². The molecule has 56 heavy (non-hydrogen) atoms. The van der Waals surface area contributed by atoms with Gasteiger partial charge in [0.05, 0.1) is 0 Å². The molecule has 0 aromatic heterocycles. The highest BCUT2D eigenvalue weighted by molar-refractivity contribution is 6.28. The summed E-state index contributed by atoms with van der Waals surface area (Å²) in [5.41, 5.74) is 9.92. The van der Waals surface area contributed by atoms with Gasteiger partial charge in [0.2, 0.25) is 0 Å². The second-order valence-corrected chi connectivity index (χ2v) is 15.2. The zero-order valence-electron chi connectivity index (χ0n) is 30.6. The van der Waals surface area contributed by atoms with Gasteiger partial charge in [-0.3, -0.25) is 0 Å². The van der Waals surface area contributed by atoms with E-state index in [0.717, 1.165) is 0 Å². The Morgan fingerprint density at radius 1 is 0.179 bits per heavy atom. The lowest BCUT2D eigenvalue weighted by Crippen LogP contribution is -1.90. The Hall–Kier alpha value is -7.28. The van der Waals surface area contributed by atoms with Crippen LogP contribution in [-0.4, -0.2) is 0 Å². The maximum atomic E-state index is 2.38. The van der Waals surface area contributed by atoms with Gasteiger partial charge >= 0.3 is 0 Å². The molecule has 12 aromatic carbocycles. The fraction of sp³-hybridized carbons (Fsp3) is 0. The van der Waals surface area contributed by atoms with Crippen LogP contribution in [0.1, 0.15) is 0 Å². The number of rotatable bonds is 4. The summed E-state index contributed by atoms with van der Waals surface area (Å²) in [4.78, 5) is 0. The minimum atomic E-state index is 1.22. The van der Waals surface area contributed by atoms with Crippen LogP contribution >= 0.6 is 0 Å². The summed E-state index contributed by atoms with van der Waals surface area (Å²) in [6.07, 6.45) is 0. The molecular weight excluding hydrogens is 673 g/mol. The van der Waals surface area contributed by atoms with Crippen molar-refractivity contribution < 1.29 is 0 Å². The van der Waals surface area contributed by atoms with Crippen molar-refractivity contribution in [3.8, 4) is 44.5 Å². The van der Waals surface area contributed by atoms with Crippen molar-refractivity contribution in [2.75, 3.05) is 0 Å². The molecule has 0 spiro atoms. The average molecular weight is 707 g/mol. The van der Waals surface area contributed by atoms with Crippen LogP contribution in [0.15, 0.2) is 206 Å². The van der Waals surface area contributed by atoms with Gasteiger partial charge in [0, 0.05) is 0 Å². The van der Waals surface area contributed by atoms with E-state index in [-0.39, 0.29) is 0 Å². The van der Waals surface area contributed by atoms with Gasteiger partial charge in [-0.15, -0.1) is 0 Å². The van der Waals surface area contributed by atoms with Crippen molar-refractivity contribution in [2.45, 2.75) is 0 Å². The van der Waals surface area contributed by atoms with Gasteiger partial charge in [0.1, 0.15) is 0 Å². The van der Waals surface area contributed by atoms with Gasteiger partial charge in [-0.05, 0) is 138 Å². The van der Waals surface area contributed by atoms with Crippen LogP contribution in [0.3, 0.4) is 0 Å². The van der Waals surface area contributed by atoms with Gasteiger partial charge in [0.25, 0.3) is 0 Å². The molecule has 0 saturated heterocycles. The number of benzene rings is 12. The molecule has 0 fully saturated rings. The van der Waals surface area contributed by atoms with Crippen LogP contribution in [0.4, 0.5) is 0 Å². The summed E-state index contributed by atoms with van der Waals surface area (Å²) in [5.74, 6) is 0. The zero-order chi connectivity index (χ0) is 36.7. The molecule has 12 aromatic rings. The molecular formula is C56H34. The first kappa shape index (κ1) is 31.1. The van der Waals surface area contributed by atoms with Crippen molar-refractivity contribution >= 4 is 75.4 Å². The molecule has 0 bridgehead atoms. The van der Waals surface area contributed by atoms with E-state index in [2.05, 4.69) is 206 Å². The summed E-state index contributed by atoms with van der Waals surface area (Å²) in [5, 5.41) is 18.2. The SMILES string of the molecule is c1cc(-c2ccc3ccccc3c2)cc(-c2ccc3ccc4c(-c5ccc(-c6ccc7c8ccccc8c8ccccc8c7c6)cc5)ccc5ccc2c3c54)c1. The standard InChI is InChI=1S/C56H34/c1-2-9-40-32-42(21-18-35(40)8-1)41-10-7-11-44(33-41)46-28-23-39-24-30-52-45(27-22-38-25-31-53(46)56(39)55(38)52)37-19-16-36(17-20-37)43-26-29-51-49-14-4-3-12-47(49)48-13-5-6-15-50(48)54(51)34-43/h1-34H. The number of hydrogen-bond donors (Lipinski definition) is 0. The molecule has 0 aliphatic rings. The second kappa shape index (κ2) is 12.1. The monoisotopic (exact) mass is 706 g/mol. The van der Waals surface area contributed by atoms with E-state index in [0.29, 0.717) is 0 Å². The molecule has 0 amide bonds. The fourth-order valence-corrected chi connectivity index (χ4v) is 9.47. The molecule has 0 atom stereocenters. The average Bonchev–Trinajstić information content (AvgIpc) is 3.28. The van der Waals surface area contributed by atoms with Crippen molar-refractivity contribution in [1.82, 2.24) is 0 Å². The molecule has 0 radical (unpaired) electrons. The molecule has 12 rings (SSSR count). The summed E-state index contributed by atoms with van der Waals surface area (Å²) in [6, 6.07) is 76.6. The van der Waals surface area contributed by atoms with Crippen molar-refractivity contribution in [1.29, 1.82) is 0 Å². The van der Waals surface area contributed by atoms with Crippen LogP contribution in [0.5, 0.6) is 0 Å². The summed E-state index contributed by atoms with van der Waals surface area (Å²) in [6.45, 7) is 0. The Balaban J connectivity index is 0.954. The molecule has 0 heteroatoms. The molecule has 0 unspecified atom stereocenters. The van der Waals surface area contributed by atoms with Crippen molar-refractivity contribution in [3.05, 3.63) is 206 Å². The lowest BCUT2D eigenvalue weighted by molar-refractivity contribution is 1.62. The van der Waals surface area contributed by atoms with E-state index < -0.39 is 0 Å². The molecule has 0 nitrogen and oxygen atoms in total. The molecule has 258 valence electrons. The number of fused-ring (bicyclic) bond motifs is 7. The quantitative estimate of drug-likeness (QED) is 0.160. The Kier molecular flexibility index (Phi) is 6.73. The lowest BCUT2D eigenvalue weighted by Gasteiger charge is -2.17. The molecule has 0 saturated carbocycles. The van der Waals surface area contributed by atoms with E-state index >= 15 is 0 Å². The summed E-state index contributed by atoms with van der Waals surface area (Å²) < 4.78 is 0. The predicted octanol–water partition coefficient (Wildman–Crippen LogP) is 15.9. The minimum Gasteiger partial charge on any atom is -0.0616 e. The second-order valence-electron chi connectivity index (χ2n) is 15.2. The summed E-state index contributed by atoms with van der Waals surface area (Å²) >= 11 is 0. The van der Waals surface area contributed by atoms with Crippen LogP contribution in [0, 0.1) is 0 Å². The van der Waals surface area contributed by atoms with Gasteiger partial charge in [-0.25, -0.2) is 0 Å². The third-order valence-electron chi connectivity index (χ3n) is 12.2. The largest absolute Gasteiger partial charge is 0.0616 e. The normalized spacial score (nSPS) is 11.9. The van der Waals surface area contributed by atoms with E-state index in [1.54, 1.807) is 0 Å². The molecule has 0 N–H and O–H groups in total. The van der Waals surface area contributed by atoms with Crippen molar-refractivity contribution in [3.63, 3.8) is 0 Å². The van der Waals surface area contributed by atoms with Crippen LogP contribution in [-0.2, 0) is 0 Å². The maximum absolute atomic E-state index is 2.38. The highest BCUT2D eigenvalue weighted by Gasteiger charge is 2.16. The van der Waals surface area contributed by atoms with Gasteiger partial charge < -0.3 is 0 Å². The molecule has 0 aliphatic carbocycles. The highest BCUT2D eigenvalue weighted by atomic mass is 14.2. The zero-order valence-corrected chi connectivity index (χ0v) is 30.6. The van der Waals surface area contributed by atoms with E-state index in [1.807, 2.05) is 0 Å². The highest BCUT2D eigenvalue weighted by Crippen LogP contribution is 2.43. The first-order chi connectivity index (χ1) is 27.7. The summed E-state index contributed by atoms with van der Waals surface area (Å²) in [7, 11) is 0. The van der Waals surface area contributed by atoms with Gasteiger partial charge in [-0.2, -0.15) is 0 Å². The Morgan fingerprint density at radius 3 is 1.29 bits per heavy atom. The Labute approximate surface area is 324 Å². The smallest absolute Gasteiger partial charge is 0.00203 e. The fourth-order valence-electron chi connectivity index (χ4n) is 9.47.